The second-order valence-corrected chi connectivity index (χ2v) is 7.69. The lowest BCUT2D eigenvalue weighted by Gasteiger charge is -2.27. The van der Waals surface area contributed by atoms with Crippen molar-refractivity contribution in [3.63, 3.8) is 0 Å². The van der Waals surface area contributed by atoms with Crippen molar-refractivity contribution in [1.82, 2.24) is 20.6 Å². The molecule has 1 amide bonds. The van der Waals surface area contributed by atoms with E-state index in [-0.39, 0.29) is 4.99 Å². The summed E-state index contributed by atoms with van der Waals surface area (Å²) >= 11 is 23.1. The van der Waals surface area contributed by atoms with Crippen LogP contribution in [0.4, 0.5) is 0 Å². The molecule has 2 rings (SSSR count). The highest BCUT2D eigenvalue weighted by Crippen LogP contribution is 2.29. The average molecular weight is 404 g/mol. The molecule has 1 aromatic carbocycles. The molecule has 0 fully saturated rings. The summed E-state index contributed by atoms with van der Waals surface area (Å²) in [6.45, 7) is 1.92. The molecular weight excluding hydrogens is 391 g/mol. The molecule has 1 heterocycles. The molecule has 0 aliphatic carbocycles. The number of aromatic nitrogens is 2. The highest BCUT2D eigenvalue weighted by Gasteiger charge is 2.35. The van der Waals surface area contributed by atoms with Crippen LogP contribution in [-0.2, 0) is 0 Å². The Hall–Kier alpha value is -1.47. The summed E-state index contributed by atoms with van der Waals surface area (Å²) in [5, 5.41) is 5.43. The van der Waals surface area contributed by atoms with Gasteiger partial charge in [0.2, 0.25) is 3.79 Å². The number of benzene rings is 1. The van der Waals surface area contributed by atoms with Crippen molar-refractivity contribution in [1.29, 1.82) is 0 Å². The molecule has 0 bridgehead atoms. The van der Waals surface area contributed by atoms with Gasteiger partial charge in [-0.2, -0.15) is 0 Å². The van der Waals surface area contributed by atoms with Gasteiger partial charge >= 0.3 is 0 Å². The molecule has 0 saturated carbocycles. The highest BCUT2D eigenvalue weighted by atomic mass is 35.6. The first-order valence-electron chi connectivity index (χ1n) is 6.77. The van der Waals surface area contributed by atoms with Gasteiger partial charge < -0.3 is 10.6 Å². The van der Waals surface area contributed by atoms with Crippen molar-refractivity contribution < 1.29 is 4.79 Å². The second kappa shape index (κ2) is 8.07. The monoisotopic (exact) mass is 402 g/mol. The lowest BCUT2D eigenvalue weighted by Crippen LogP contribution is -2.55. The van der Waals surface area contributed by atoms with Crippen LogP contribution in [0.3, 0.4) is 0 Å². The van der Waals surface area contributed by atoms with Crippen molar-refractivity contribution in [2.24, 2.45) is 0 Å². The van der Waals surface area contributed by atoms with Crippen LogP contribution in [0.25, 0.3) is 0 Å². The Bertz CT molecular complexity index is 720. The first-order valence-corrected chi connectivity index (χ1v) is 8.31. The average Bonchev–Trinajstić information content (AvgIpc) is 2.54. The molecule has 0 saturated heterocycles. The summed E-state index contributed by atoms with van der Waals surface area (Å²) in [6, 6.07) is 7.00. The number of hydrogen-bond donors (Lipinski definition) is 2. The largest absolute Gasteiger partial charge is 0.352 e. The number of carbonyl (C=O) groups is 1. The van der Waals surface area contributed by atoms with E-state index in [9.17, 15) is 4.79 Å². The molecular formula is C15H13Cl3N4OS. The molecule has 0 aliphatic heterocycles. The number of halogens is 3. The van der Waals surface area contributed by atoms with Gasteiger partial charge in [0.15, 0.2) is 0 Å². The standard InChI is InChI=1S/C15H13Cl3N4OS/c1-9-2-4-10(5-3-9)12(23)21-14(15(16,17)18)22-13(24)11-6-19-8-20-7-11/h2-8,14H,1H3,(H,21,23)(H,22,24). The van der Waals surface area contributed by atoms with Crippen molar-refractivity contribution in [3.05, 3.63) is 59.7 Å². The second-order valence-electron chi connectivity index (χ2n) is 4.91. The van der Waals surface area contributed by atoms with Crippen LogP contribution in [0.1, 0.15) is 21.5 Å². The lowest BCUT2D eigenvalue weighted by atomic mass is 10.1. The maximum atomic E-state index is 12.3. The van der Waals surface area contributed by atoms with E-state index >= 15 is 0 Å². The van der Waals surface area contributed by atoms with Crippen LogP contribution in [0.15, 0.2) is 43.0 Å². The predicted octanol–water partition coefficient (Wildman–Crippen LogP) is 3.18. The summed E-state index contributed by atoms with van der Waals surface area (Å²) in [5.41, 5.74) is 2.01. The number of alkyl halides is 3. The Morgan fingerprint density at radius 1 is 1.08 bits per heavy atom. The number of carbonyl (C=O) groups excluding carboxylic acids is 1. The van der Waals surface area contributed by atoms with Gasteiger partial charge in [-0.05, 0) is 19.1 Å². The van der Waals surface area contributed by atoms with Crippen molar-refractivity contribution in [2.45, 2.75) is 16.9 Å². The fraction of sp³-hybridized carbons (Fsp3) is 0.200. The molecule has 9 heteroatoms. The zero-order valence-corrected chi connectivity index (χ0v) is 15.5. The van der Waals surface area contributed by atoms with Crippen LogP contribution in [0.2, 0.25) is 0 Å². The van der Waals surface area contributed by atoms with E-state index in [4.69, 9.17) is 47.0 Å². The predicted molar refractivity (Wildman–Crippen MR) is 99.6 cm³/mol. The Labute approximate surface area is 159 Å². The first-order chi connectivity index (χ1) is 11.3. The van der Waals surface area contributed by atoms with Crippen LogP contribution in [0.5, 0.6) is 0 Å². The Balaban J connectivity index is 2.13. The maximum Gasteiger partial charge on any atom is 0.252 e. The lowest BCUT2D eigenvalue weighted by molar-refractivity contribution is 0.0934. The number of thiocarbonyl (C=S) groups is 1. The summed E-state index contributed by atoms with van der Waals surface area (Å²) < 4.78 is -1.82. The van der Waals surface area contributed by atoms with Gasteiger partial charge in [0.1, 0.15) is 17.5 Å². The fourth-order valence-corrected chi connectivity index (χ4v) is 2.30. The third kappa shape index (κ3) is 5.27. The third-order valence-corrected chi connectivity index (χ3v) is 4.02. The van der Waals surface area contributed by atoms with Gasteiger partial charge in [-0.25, -0.2) is 9.97 Å². The Morgan fingerprint density at radius 2 is 1.67 bits per heavy atom. The minimum atomic E-state index is -1.82. The Morgan fingerprint density at radius 3 is 2.21 bits per heavy atom. The summed E-state index contributed by atoms with van der Waals surface area (Å²) in [4.78, 5) is 20.3. The zero-order chi connectivity index (χ0) is 17.7. The summed E-state index contributed by atoms with van der Waals surface area (Å²) in [7, 11) is 0. The number of amides is 1. The first kappa shape index (κ1) is 18.9. The molecule has 0 spiro atoms. The number of rotatable bonds is 4. The van der Waals surface area contributed by atoms with E-state index in [0.717, 1.165) is 5.56 Å². The molecule has 0 radical (unpaired) electrons. The van der Waals surface area contributed by atoms with Crippen molar-refractivity contribution in [3.8, 4) is 0 Å². The molecule has 2 N–H and O–H groups in total. The molecule has 2 aromatic rings. The molecule has 1 atom stereocenters. The van der Waals surface area contributed by atoms with Crippen LogP contribution in [0, 0.1) is 6.92 Å². The number of hydrogen-bond acceptors (Lipinski definition) is 4. The number of aryl methyl sites for hydroxylation is 1. The summed E-state index contributed by atoms with van der Waals surface area (Å²) in [6.07, 6.45) is 3.36. The van der Waals surface area contributed by atoms with E-state index in [0.29, 0.717) is 11.1 Å². The van der Waals surface area contributed by atoms with Crippen LogP contribution < -0.4 is 10.6 Å². The third-order valence-electron chi connectivity index (χ3n) is 3.01. The molecule has 0 aliphatic rings. The van der Waals surface area contributed by atoms with E-state index in [1.807, 2.05) is 19.1 Å². The van der Waals surface area contributed by atoms with Crippen LogP contribution in [-0.4, -0.2) is 30.8 Å². The van der Waals surface area contributed by atoms with Gasteiger partial charge in [-0.15, -0.1) is 0 Å². The SMILES string of the molecule is Cc1ccc(C(=O)NC(NC(=S)c2cncnc2)C(Cl)(Cl)Cl)cc1. The highest BCUT2D eigenvalue weighted by molar-refractivity contribution is 7.80. The topological polar surface area (TPSA) is 66.9 Å². The van der Waals surface area contributed by atoms with E-state index in [2.05, 4.69) is 20.6 Å². The van der Waals surface area contributed by atoms with Gasteiger partial charge in [0.05, 0.1) is 0 Å². The van der Waals surface area contributed by atoms with Gasteiger partial charge in [0, 0.05) is 23.5 Å². The quantitative estimate of drug-likeness (QED) is 0.466. The zero-order valence-electron chi connectivity index (χ0n) is 12.5. The summed E-state index contributed by atoms with van der Waals surface area (Å²) in [5.74, 6) is -0.397. The van der Waals surface area contributed by atoms with E-state index in [1.165, 1.54) is 18.7 Å². The number of nitrogens with zero attached hydrogens (tertiary/aromatic N) is 2. The van der Waals surface area contributed by atoms with Gasteiger partial charge in [-0.1, -0.05) is 64.7 Å². The molecule has 1 unspecified atom stereocenters. The van der Waals surface area contributed by atoms with E-state index < -0.39 is 15.9 Å². The Kier molecular flexibility index (Phi) is 6.34. The van der Waals surface area contributed by atoms with E-state index in [1.54, 1.807) is 12.1 Å². The van der Waals surface area contributed by atoms with Crippen molar-refractivity contribution in [2.75, 3.05) is 0 Å². The van der Waals surface area contributed by atoms with Crippen LogP contribution >= 0.6 is 47.0 Å². The van der Waals surface area contributed by atoms with Crippen molar-refractivity contribution >= 4 is 57.9 Å². The van der Waals surface area contributed by atoms with Gasteiger partial charge in [-0.3, -0.25) is 4.79 Å². The van der Waals surface area contributed by atoms with Gasteiger partial charge in [0.25, 0.3) is 5.91 Å². The molecule has 1 aromatic heterocycles. The normalized spacial score (nSPS) is 12.3. The number of nitrogens with one attached hydrogen (secondary N) is 2. The fourth-order valence-electron chi connectivity index (χ4n) is 1.75. The molecule has 5 nitrogen and oxygen atoms in total. The smallest absolute Gasteiger partial charge is 0.252 e. The minimum absolute atomic E-state index is 0.246. The minimum Gasteiger partial charge on any atom is -0.352 e. The maximum absolute atomic E-state index is 12.3. The molecule has 126 valence electrons. The molecule has 24 heavy (non-hydrogen) atoms.